The fourth-order valence-electron chi connectivity index (χ4n) is 3.20. The van der Waals surface area contributed by atoms with Crippen molar-refractivity contribution in [2.45, 2.75) is 18.9 Å². The third kappa shape index (κ3) is 2.31. The zero-order valence-electron chi connectivity index (χ0n) is 12.8. The highest BCUT2D eigenvalue weighted by Crippen LogP contribution is 2.33. The molecule has 5 heteroatoms. The van der Waals surface area contributed by atoms with Crippen molar-refractivity contribution in [1.82, 2.24) is 4.90 Å². The van der Waals surface area contributed by atoms with Crippen molar-refractivity contribution < 1.29 is 9.59 Å². The number of ketones is 1. The molecular weight excluding hydrogens is 266 g/mol. The Balaban J connectivity index is 1.80. The average molecular weight is 287 g/mol. The van der Waals surface area contributed by atoms with Crippen LogP contribution in [-0.4, -0.2) is 56.9 Å². The molecule has 0 radical (unpaired) electrons. The van der Waals surface area contributed by atoms with Crippen LogP contribution in [0.25, 0.3) is 0 Å². The van der Waals surface area contributed by atoms with Crippen LogP contribution in [0.1, 0.15) is 23.2 Å². The predicted molar refractivity (Wildman–Crippen MR) is 83.1 cm³/mol. The molecule has 0 aliphatic carbocycles. The SMILES string of the molecule is CN1C(=O)C(=O)c2ccc(N3CCC(N(C)C)CC3)cc21. The van der Waals surface area contributed by atoms with E-state index in [-0.39, 0.29) is 0 Å². The first kappa shape index (κ1) is 14.1. The molecule has 0 spiro atoms. The molecule has 1 saturated heterocycles. The molecule has 5 nitrogen and oxygen atoms in total. The first-order valence-corrected chi connectivity index (χ1v) is 7.37. The molecular formula is C16H21N3O2. The molecule has 1 aromatic carbocycles. The molecule has 3 rings (SSSR count). The largest absolute Gasteiger partial charge is 0.371 e. The van der Waals surface area contributed by atoms with Gasteiger partial charge in [-0.2, -0.15) is 0 Å². The molecule has 0 unspecified atom stereocenters. The van der Waals surface area contributed by atoms with E-state index >= 15 is 0 Å². The Bertz CT molecular complexity index is 589. The van der Waals surface area contributed by atoms with Crippen LogP contribution in [0.4, 0.5) is 11.4 Å². The van der Waals surface area contributed by atoms with Crippen molar-refractivity contribution >= 4 is 23.1 Å². The first-order valence-electron chi connectivity index (χ1n) is 7.37. The summed E-state index contributed by atoms with van der Waals surface area (Å²) in [7, 11) is 5.91. The number of rotatable bonds is 2. The maximum Gasteiger partial charge on any atom is 0.299 e. The fraction of sp³-hybridized carbons (Fsp3) is 0.500. The topological polar surface area (TPSA) is 43.9 Å². The lowest BCUT2D eigenvalue weighted by Gasteiger charge is -2.36. The number of amides is 1. The predicted octanol–water partition coefficient (Wildman–Crippen LogP) is 1.38. The molecule has 1 amide bonds. The summed E-state index contributed by atoms with van der Waals surface area (Å²) in [4.78, 5) is 29.6. The average Bonchev–Trinajstić information content (AvgIpc) is 2.72. The Morgan fingerprint density at radius 2 is 1.81 bits per heavy atom. The quantitative estimate of drug-likeness (QED) is 0.771. The van der Waals surface area contributed by atoms with Gasteiger partial charge in [-0.1, -0.05) is 0 Å². The molecule has 0 saturated carbocycles. The molecule has 2 aliphatic heterocycles. The second-order valence-corrected chi connectivity index (χ2v) is 6.08. The van der Waals surface area contributed by atoms with Gasteiger partial charge < -0.3 is 14.7 Å². The van der Waals surface area contributed by atoms with Gasteiger partial charge in [0, 0.05) is 31.9 Å². The Morgan fingerprint density at radius 1 is 1.14 bits per heavy atom. The Hall–Kier alpha value is -1.88. The van der Waals surface area contributed by atoms with Crippen molar-refractivity contribution in [3.63, 3.8) is 0 Å². The van der Waals surface area contributed by atoms with Gasteiger partial charge in [0.1, 0.15) is 0 Å². The zero-order chi connectivity index (χ0) is 15.1. The summed E-state index contributed by atoms with van der Waals surface area (Å²) in [6.07, 6.45) is 2.27. The molecule has 1 aromatic rings. The van der Waals surface area contributed by atoms with E-state index in [1.54, 1.807) is 13.1 Å². The third-order valence-electron chi connectivity index (χ3n) is 4.65. The molecule has 112 valence electrons. The number of nitrogens with zero attached hydrogens (tertiary/aromatic N) is 3. The van der Waals surface area contributed by atoms with E-state index in [9.17, 15) is 9.59 Å². The summed E-state index contributed by atoms with van der Waals surface area (Å²) < 4.78 is 0. The molecule has 0 N–H and O–H groups in total. The summed E-state index contributed by atoms with van der Waals surface area (Å²) in [6, 6.07) is 6.35. The molecule has 0 aromatic heterocycles. The Morgan fingerprint density at radius 3 is 2.43 bits per heavy atom. The number of likely N-dealkylation sites (N-methyl/N-ethyl adjacent to an activating group) is 1. The number of fused-ring (bicyclic) bond motifs is 1. The van der Waals surface area contributed by atoms with Gasteiger partial charge in [-0.3, -0.25) is 9.59 Å². The number of hydrogen-bond acceptors (Lipinski definition) is 4. The third-order valence-corrected chi connectivity index (χ3v) is 4.65. The summed E-state index contributed by atoms with van der Waals surface area (Å²) in [5.41, 5.74) is 2.35. The lowest BCUT2D eigenvalue weighted by atomic mass is 10.0. The summed E-state index contributed by atoms with van der Waals surface area (Å²) in [6.45, 7) is 2.01. The van der Waals surface area contributed by atoms with Crippen molar-refractivity contribution in [2.75, 3.05) is 44.0 Å². The van der Waals surface area contributed by atoms with E-state index in [0.29, 0.717) is 11.6 Å². The van der Waals surface area contributed by atoms with Gasteiger partial charge >= 0.3 is 0 Å². The van der Waals surface area contributed by atoms with Crippen LogP contribution >= 0.6 is 0 Å². The van der Waals surface area contributed by atoms with Crippen LogP contribution in [0.5, 0.6) is 0 Å². The summed E-state index contributed by atoms with van der Waals surface area (Å²) in [5.74, 6) is -0.834. The lowest BCUT2D eigenvalue weighted by Crippen LogP contribution is -2.42. The van der Waals surface area contributed by atoms with Crippen molar-refractivity contribution in [1.29, 1.82) is 0 Å². The Kier molecular flexibility index (Phi) is 3.45. The minimum Gasteiger partial charge on any atom is -0.371 e. The van der Waals surface area contributed by atoms with Crippen molar-refractivity contribution in [2.24, 2.45) is 0 Å². The van der Waals surface area contributed by atoms with Crippen LogP contribution in [0.2, 0.25) is 0 Å². The fourth-order valence-corrected chi connectivity index (χ4v) is 3.20. The normalized spacial score (nSPS) is 19.6. The first-order chi connectivity index (χ1) is 9.99. The van der Waals surface area contributed by atoms with Crippen LogP contribution in [0.15, 0.2) is 18.2 Å². The molecule has 0 bridgehead atoms. The van der Waals surface area contributed by atoms with Gasteiger partial charge in [-0.05, 0) is 45.1 Å². The maximum absolute atomic E-state index is 11.8. The maximum atomic E-state index is 11.8. The lowest BCUT2D eigenvalue weighted by molar-refractivity contribution is -0.114. The van der Waals surface area contributed by atoms with Gasteiger partial charge in [-0.25, -0.2) is 0 Å². The second-order valence-electron chi connectivity index (χ2n) is 6.08. The van der Waals surface area contributed by atoms with Crippen LogP contribution in [0, 0.1) is 0 Å². The summed E-state index contributed by atoms with van der Waals surface area (Å²) in [5, 5.41) is 0. The number of benzene rings is 1. The van der Waals surface area contributed by atoms with E-state index in [2.05, 4.69) is 23.9 Å². The zero-order valence-corrected chi connectivity index (χ0v) is 12.8. The second kappa shape index (κ2) is 5.15. The van der Waals surface area contributed by atoms with Gasteiger partial charge in [0.2, 0.25) is 0 Å². The van der Waals surface area contributed by atoms with Gasteiger partial charge in [0.15, 0.2) is 0 Å². The van der Waals surface area contributed by atoms with Crippen molar-refractivity contribution in [3.05, 3.63) is 23.8 Å². The van der Waals surface area contributed by atoms with E-state index in [1.807, 2.05) is 12.1 Å². The monoisotopic (exact) mass is 287 g/mol. The van der Waals surface area contributed by atoms with Gasteiger partial charge in [-0.15, -0.1) is 0 Å². The van der Waals surface area contributed by atoms with Crippen LogP contribution in [0.3, 0.4) is 0 Å². The molecule has 1 fully saturated rings. The number of Topliss-reactive ketones (excluding diaryl/α,β-unsaturated/α-hetero) is 1. The van der Waals surface area contributed by atoms with E-state index in [4.69, 9.17) is 0 Å². The molecule has 0 atom stereocenters. The van der Waals surface area contributed by atoms with Crippen LogP contribution in [-0.2, 0) is 4.79 Å². The number of carbonyl (C=O) groups is 2. The number of hydrogen-bond donors (Lipinski definition) is 0. The van der Waals surface area contributed by atoms with Crippen molar-refractivity contribution in [3.8, 4) is 0 Å². The van der Waals surface area contributed by atoms with E-state index in [1.165, 1.54) is 4.90 Å². The number of carbonyl (C=O) groups excluding carboxylic acids is 2. The summed E-state index contributed by atoms with van der Waals surface area (Å²) >= 11 is 0. The van der Waals surface area contributed by atoms with Crippen LogP contribution < -0.4 is 9.80 Å². The van der Waals surface area contributed by atoms with E-state index < -0.39 is 11.7 Å². The number of anilines is 2. The Labute approximate surface area is 125 Å². The highest BCUT2D eigenvalue weighted by molar-refractivity contribution is 6.52. The molecule has 2 heterocycles. The van der Waals surface area contributed by atoms with E-state index in [0.717, 1.165) is 37.3 Å². The number of piperidine rings is 1. The minimum atomic E-state index is -0.437. The highest BCUT2D eigenvalue weighted by Gasteiger charge is 2.33. The highest BCUT2D eigenvalue weighted by atomic mass is 16.2. The molecule has 21 heavy (non-hydrogen) atoms. The smallest absolute Gasteiger partial charge is 0.299 e. The minimum absolute atomic E-state index is 0.398. The molecule has 2 aliphatic rings. The van der Waals surface area contributed by atoms with Gasteiger partial charge in [0.25, 0.3) is 11.7 Å². The standard InChI is InChI=1S/C16H21N3O2/c1-17(2)11-6-8-19(9-7-11)12-4-5-13-14(10-12)18(3)16(21)15(13)20/h4-5,10-11H,6-9H2,1-3H3. The van der Waals surface area contributed by atoms with Gasteiger partial charge in [0.05, 0.1) is 11.3 Å².